The Labute approximate surface area is 198 Å². The van der Waals surface area contributed by atoms with Crippen molar-refractivity contribution in [3.63, 3.8) is 0 Å². The lowest BCUT2D eigenvalue weighted by molar-refractivity contribution is -0.136. The van der Waals surface area contributed by atoms with Crippen LogP contribution in [0, 0.1) is 5.82 Å². The Morgan fingerprint density at radius 2 is 1.94 bits per heavy atom. The van der Waals surface area contributed by atoms with Crippen molar-refractivity contribution in [3.8, 4) is 11.3 Å². The van der Waals surface area contributed by atoms with Crippen LogP contribution >= 0.6 is 0 Å². The number of amides is 2. The van der Waals surface area contributed by atoms with Crippen molar-refractivity contribution in [2.45, 2.75) is 39.2 Å². The van der Waals surface area contributed by atoms with E-state index in [1.54, 1.807) is 39.8 Å². The Kier molecular flexibility index (Phi) is 6.92. The number of hydrogen-bond donors (Lipinski definition) is 0. The lowest BCUT2D eigenvalue weighted by Crippen LogP contribution is -2.55. The van der Waals surface area contributed by atoms with Crippen LogP contribution in [0.25, 0.3) is 16.9 Å². The molecule has 3 aromatic rings. The molecule has 0 N–H and O–H groups in total. The van der Waals surface area contributed by atoms with Gasteiger partial charge in [0.25, 0.3) is 5.91 Å². The van der Waals surface area contributed by atoms with E-state index in [9.17, 15) is 14.0 Å². The first-order valence-electron chi connectivity index (χ1n) is 11.5. The van der Waals surface area contributed by atoms with Crippen molar-refractivity contribution in [2.75, 3.05) is 33.4 Å². The summed E-state index contributed by atoms with van der Waals surface area (Å²) in [4.78, 5) is 33.9. The van der Waals surface area contributed by atoms with Gasteiger partial charge in [-0.25, -0.2) is 13.9 Å². The average molecular weight is 468 g/mol. The summed E-state index contributed by atoms with van der Waals surface area (Å²) in [7, 11) is 1.57. The molecule has 1 aliphatic heterocycles. The first kappa shape index (κ1) is 23.8. The van der Waals surface area contributed by atoms with Gasteiger partial charge in [-0.2, -0.15) is 5.10 Å². The van der Waals surface area contributed by atoms with Crippen LogP contribution in [0.5, 0.6) is 0 Å². The first-order chi connectivity index (χ1) is 16.3. The number of fused-ring (bicyclic) bond motifs is 1. The highest BCUT2D eigenvalue weighted by atomic mass is 19.1. The third-order valence-electron chi connectivity index (χ3n) is 6.19. The Balaban J connectivity index is 1.59. The summed E-state index contributed by atoms with van der Waals surface area (Å²) in [6.45, 7) is 7.81. The minimum atomic E-state index is -0.306. The highest BCUT2D eigenvalue weighted by Crippen LogP contribution is 2.26. The van der Waals surface area contributed by atoms with Crippen LogP contribution in [-0.4, -0.2) is 75.6 Å². The van der Waals surface area contributed by atoms with E-state index in [1.165, 1.54) is 12.1 Å². The molecule has 2 amide bonds. The molecule has 1 saturated heterocycles. The SMILES string of the molecule is COCCC(=O)N1CCN(C(=O)c2cn3nc(-c4ccc(F)cc4)cc(C(C)C)c3n2)CC1C. The number of ether oxygens (including phenoxy) is 1. The van der Waals surface area contributed by atoms with E-state index >= 15 is 0 Å². The molecule has 8 nitrogen and oxygen atoms in total. The molecule has 9 heteroatoms. The van der Waals surface area contributed by atoms with Crippen LogP contribution in [0.15, 0.2) is 36.5 Å². The monoisotopic (exact) mass is 467 g/mol. The number of carbonyl (C=O) groups is 2. The topological polar surface area (TPSA) is 80.0 Å². The van der Waals surface area contributed by atoms with E-state index in [1.807, 2.05) is 13.0 Å². The van der Waals surface area contributed by atoms with Gasteiger partial charge in [0.2, 0.25) is 5.91 Å². The summed E-state index contributed by atoms with van der Waals surface area (Å²) in [5, 5.41) is 4.64. The van der Waals surface area contributed by atoms with Crippen molar-refractivity contribution in [1.82, 2.24) is 24.4 Å². The van der Waals surface area contributed by atoms with Crippen molar-refractivity contribution in [1.29, 1.82) is 0 Å². The smallest absolute Gasteiger partial charge is 0.274 e. The van der Waals surface area contributed by atoms with Gasteiger partial charge in [-0.1, -0.05) is 13.8 Å². The zero-order valence-corrected chi connectivity index (χ0v) is 20.0. The second-order valence-electron chi connectivity index (χ2n) is 8.97. The van der Waals surface area contributed by atoms with Crippen LogP contribution in [-0.2, 0) is 9.53 Å². The molecule has 1 aliphatic rings. The van der Waals surface area contributed by atoms with Crippen molar-refractivity contribution < 1.29 is 18.7 Å². The minimum Gasteiger partial charge on any atom is -0.384 e. The Hall–Kier alpha value is -3.33. The Morgan fingerprint density at radius 1 is 1.21 bits per heavy atom. The lowest BCUT2D eigenvalue weighted by atomic mass is 10.0. The van der Waals surface area contributed by atoms with E-state index in [2.05, 4.69) is 23.9 Å². The summed E-state index contributed by atoms with van der Waals surface area (Å²) in [5.74, 6) is -0.302. The molecule has 3 heterocycles. The molecule has 1 fully saturated rings. The van der Waals surface area contributed by atoms with Gasteiger partial charge < -0.3 is 14.5 Å². The number of imidazole rings is 1. The molecule has 4 rings (SSSR count). The summed E-state index contributed by atoms with van der Waals surface area (Å²) in [6.07, 6.45) is 1.98. The van der Waals surface area contributed by atoms with Crippen LogP contribution in [0.2, 0.25) is 0 Å². The molecule has 180 valence electrons. The fourth-order valence-corrected chi connectivity index (χ4v) is 4.30. The number of rotatable bonds is 6. The number of hydrogen-bond acceptors (Lipinski definition) is 5. The highest BCUT2D eigenvalue weighted by Gasteiger charge is 2.31. The summed E-state index contributed by atoms with van der Waals surface area (Å²) < 4.78 is 20.0. The quantitative estimate of drug-likeness (QED) is 0.555. The van der Waals surface area contributed by atoms with E-state index in [-0.39, 0.29) is 29.6 Å². The molecule has 1 atom stereocenters. The standard InChI is InChI=1S/C25H30FN5O3/c1-16(2)20-13-21(18-5-7-19(26)8-6-18)28-31-15-22(27-24(20)31)25(33)29-10-11-30(17(3)14-29)23(32)9-12-34-4/h5-8,13,15-17H,9-12,14H2,1-4H3. The van der Waals surface area contributed by atoms with Crippen LogP contribution in [0.4, 0.5) is 4.39 Å². The van der Waals surface area contributed by atoms with E-state index in [4.69, 9.17) is 4.74 Å². The number of carbonyl (C=O) groups excluding carboxylic acids is 2. The largest absolute Gasteiger partial charge is 0.384 e. The second kappa shape index (κ2) is 9.89. The fraction of sp³-hybridized carbons (Fsp3) is 0.440. The van der Waals surface area contributed by atoms with E-state index in [0.717, 1.165) is 11.1 Å². The van der Waals surface area contributed by atoms with Crippen molar-refractivity contribution in [2.24, 2.45) is 0 Å². The first-order valence-corrected chi connectivity index (χ1v) is 11.5. The van der Waals surface area contributed by atoms with Gasteiger partial charge in [0.1, 0.15) is 11.5 Å². The maximum Gasteiger partial charge on any atom is 0.274 e. The van der Waals surface area contributed by atoms with E-state index < -0.39 is 0 Å². The van der Waals surface area contributed by atoms with Gasteiger partial charge in [-0.3, -0.25) is 9.59 Å². The fourth-order valence-electron chi connectivity index (χ4n) is 4.30. The van der Waals surface area contributed by atoms with Crippen LogP contribution in [0.3, 0.4) is 0 Å². The zero-order chi connectivity index (χ0) is 24.4. The van der Waals surface area contributed by atoms with Gasteiger partial charge in [0, 0.05) is 43.9 Å². The third-order valence-corrected chi connectivity index (χ3v) is 6.19. The van der Waals surface area contributed by atoms with Gasteiger partial charge in [-0.15, -0.1) is 0 Å². The Morgan fingerprint density at radius 3 is 2.59 bits per heavy atom. The van der Waals surface area contributed by atoms with Crippen LogP contribution in [0.1, 0.15) is 49.2 Å². The number of piperazine rings is 1. The van der Waals surface area contributed by atoms with Crippen LogP contribution < -0.4 is 0 Å². The Bertz CT molecular complexity index is 1190. The predicted octanol–water partition coefficient (Wildman–Crippen LogP) is 3.37. The molecule has 0 spiro atoms. The molecule has 0 aliphatic carbocycles. The lowest BCUT2D eigenvalue weighted by Gasteiger charge is -2.39. The van der Waals surface area contributed by atoms with E-state index in [0.29, 0.717) is 49.7 Å². The van der Waals surface area contributed by atoms with Gasteiger partial charge >= 0.3 is 0 Å². The van der Waals surface area contributed by atoms with Gasteiger partial charge in [0.05, 0.1) is 24.9 Å². The molecule has 2 aromatic heterocycles. The van der Waals surface area contributed by atoms with Gasteiger partial charge in [0.15, 0.2) is 5.65 Å². The summed E-state index contributed by atoms with van der Waals surface area (Å²) >= 11 is 0. The number of aromatic nitrogens is 3. The zero-order valence-electron chi connectivity index (χ0n) is 20.0. The maximum atomic E-state index is 13.4. The molecule has 0 saturated carbocycles. The highest BCUT2D eigenvalue weighted by molar-refractivity contribution is 5.93. The molecular formula is C25H30FN5O3. The number of nitrogens with zero attached hydrogens (tertiary/aromatic N) is 5. The van der Waals surface area contributed by atoms with Gasteiger partial charge in [-0.05, 0) is 43.2 Å². The molecule has 1 unspecified atom stereocenters. The molecule has 34 heavy (non-hydrogen) atoms. The molecule has 0 bridgehead atoms. The second-order valence-corrected chi connectivity index (χ2v) is 8.97. The normalized spacial score (nSPS) is 16.5. The molecular weight excluding hydrogens is 437 g/mol. The number of halogens is 1. The molecule has 1 aromatic carbocycles. The summed E-state index contributed by atoms with van der Waals surface area (Å²) in [6, 6.07) is 8.03. The minimum absolute atomic E-state index is 0.0354. The summed E-state index contributed by atoms with van der Waals surface area (Å²) in [5.41, 5.74) is 3.37. The number of benzene rings is 1. The maximum absolute atomic E-state index is 13.4. The average Bonchev–Trinajstić information content (AvgIpc) is 3.25. The van der Waals surface area contributed by atoms with Crippen molar-refractivity contribution in [3.05, 3.63) is 53.6 Å². The number of methoxy groups -OCH3 is 1. The van der Waals surface area contributed by atoms with Crippen molar-refractivity contribution >= 4 is 17.5 Å². The molecule has 0 radical (unpaired) electrons. The predicted molar refractivity (Wildman–Crippen MR) is 126 cm³/mol. The third kappa shape index (κ3) is 4.79.